The minimum atomic E-state index is -1.12. The first-order valence-corrected chi connectivity index (χ1v) is 5.90. The number of hydrogen-bond donors (Lipinski definition) is 1. The van der Waals surface area contributed by atoms with Gasteiger partial charge in [0.05, 0.1) is 12.7 Å². The summed E-state index contributed by atoms with van der Waals surface area (Å²) < 4.78 is 10.5. The van der Waals surface area contributed by atoms with E-state index in [4.69, 9.17) is 14.3 Å². The fourth-order valence-corrected chi connectivity index (χ4v) is 1.75. The average Bonchev–Trinajstić information content (AvgIpc) is 2.87. The number of nitrogens with zero attached hydrogens (tertiary/aromatic N) is 1. The zero-order valence-corrected chi connectivity index (χ0v) is 11.0. The van der Waals surface area contributed by atoms with Crippen molar-refractivity contribution in [1.29, 1.82) is 0 Å². The zero-order valence-electron chi connectivity index (χ0n) is 11.0. The maximum absolute atomic E-state index is 10.8. The Bertz CT molecular complexity index is 601. The molecule has 1 N–H and O–H groups in total. The number of carboxylic acid groups (broad SMARTS) is 1. The van der Waals surface area contributed by atoms with Crippen molar-refractivity contribution < 1.29 is 19.1 Å². The fraction of sp³-hybridized carbons (Fsp3) is 0.286. The van der Waals surface area contributed by atoms with E-state index in [0.29, 0.717) is 17.2 Å². The molecule has 0 spiro atoms. The van der Waals surface area contributed by atoms with Gasteiger partial charge in [-0.1, -0.05) is 19.9 Å². The number of aromatic nitrogens is 1. The van der Waals surface area contributed by atoms with Crippen molar-refractivity contribution in [1.82, 2.24) is 4.98 Å². The van der Waals surface area contributed by atoms with E-state index in [9.17, 15) is 4.79 Å². The molecule has 5 nitrogen and oxygen atoms in total. The highest BCUT2D eigenvalue weighted by Gasteiger charge is 2.16. The zero-order chi connectivity index (χ0) is 14.0. The number of oxazole rings is 1. The van der Waals surface area contributed by atoms with Crippen LogP contribution in [-0.4, -0.2) is 23.2 Å². The lowest BCUT2D eigenvalue weighted by Crippen LogP contribution is -1.96. The van der Waals surface area contributed by atoms with Gasteiger partial charge in [-0.05, 0) is 23.6 Å². The third-order valence-electron chi connectivity index (χ3n) is 2.84. The predicted molar refractivity (Wildman–Crippen MR) is 69.5 cm³/mol. The van der Waals surface area contributed by atoms with Crippen LogP contribution in [-0.2, 0) is 0 Å². The largest absolute Gasteiger partial charge is 0.496 e. The Morgan fingerprint density at radius 1 is 1.42 bits per heavy atom. The molecule has 0 saturated heterocycles. The van der Waals surface area contributed by atoms with E-state index in [1.807, 2.05) is 18.2 Å². The molecule has 2 aromatic rings. The predicted octanol–water partition coefficient (Wildman–Crippen LogP) is 3.17. The van der Waals surface area contributed by atoms with Gasteiger partial charge in [-0.2, -0.15) is 0 Å². The molecule has 2 rings (SSSR count). The first kappa shape index (κ1) is 13.1. The van der Waals surface area contributed by atoms with Gasteiger partial charge in [0, 0.05) is 0 Å². The molecule has 1 aromatic carbocycles. The molecule has 0 unspecified atom stereocenters. The number of carboxylic acids is 1. The standard InChI is InChI=1S/C14H15NO4/c1-8(2)9-4-5-12(18-3)10(6-9)13-15-11(7-19-13)14(16)17/h4-8H,1-3H3,(H,16,17). The molecular formula is C14H15NO4. The number of hydrogen-bond acceptors (Lipinski definition) is 4. The van der Waals surface area contributed by atoms with Gasteiger partial charge in [0.2, 0.25) is 5.89 Å². The summed E-state index contributed by atoms with van der Waals surface area (Å²) in [7, 11) is 1.55. The Morgan fingerprint density at radius 2 is 2.16 bits per heavy atom. The van der Waals surface area contributed by atoms with Gasteiger partial charge in [0.1, 0.15) is 12.0 Å². The number of methoxy groups -OCH3 is 1. The summed E-state index contributed by atoms with van der Waals surface area (Å²) in [6.45, 7) is 4.15. The SMILES string of the molecule is COc1ccc(C(C)C)cc1-c1nc(C(=O)O)co1. The average molecular weight is 261 g/mol. The van der Waals surface area contributed by atoms with E-state index < -0.39 is 5.97 Å². The van der Waals surface area contributed by atoms with Crippen molar-refractivity contribution in [3.05, 3.63) is 35.7 Å². The lowest BCUT2D eigenvalue weighted by Gasteiger charge is -2.10. The first-order valence-electron chi connectivity index (χ1n) is 5.90. The molecule has 0 saturated carbocycles. The molecule has 0 radical (unpaired) electrons. The smallest absolute Gasteiger partial charge is 0.357 e. The first-order chi connectivity index (χ1) is 9.02. The molecule has 0 fully saturated rings. The van der Waals surface area contributed by atoms with Crippen LogP contribution in [0.4, 0.5) is 0 Å². The van der Waals surface area contributed by atoms with Crippen LogP contribution >= 0.6 is 0 Å². The highest BCUT2D eigenvalue weighted by Crippen LogP contribution is 2.32. The Kier molecular flexibility index (Phi) is 3.55. The maximum atomic E-state index is 10.8. The second-order valence-corrected chi connectivity index (χ2v) is 4.46. The van der Waals surface area contributed by atoms with Crippen LogP contribution in [0.15, 0.2) is 28.9 Å². The minimum Gasteiger partial charge on any atom is -0.496 e. The quantitative estimate of drug-likeness (QED) is 0.915. The Balaban J connectivity index is 2.51. The molecule has 19 heavy (non-hydrogen) atoms. The van der Waals surface area contributed by atoms with E-state index in [-0.39, 0.29) is 11.6 Å². The van der Waals surface area contributed by atoms with Crippen LogP contribution in [0.25, 0.3) is 11.5 Å². The summed E-state index contributed by atoms with van der Waals surface area (Å²) in [5.74, 6) is 0.0764. The van der Waals surface area contributed by atoms with Crippen molar-refractivity contribution in [2.45, 2.75) is 19.8 Å². The van der Waals surface area contributed by atoms with Crippen molar-refractivity contribution in [2.24, 2.45) is 0 Å². The van der Waals surface area contributed by atoms with Crippen molar-refractivity contribution in [2.75, 3.05) is 7.11 Å². The van der Waals surface area contributed by atoms with Crippen LogP contribution in [0.5, 0.6) is 5.75 Å². The van der Waals surface area contributed by atoms with Crippen LogP contribution < -0.4 is 4.74 Å². The minimum absolute atomic E-state index is 0.119. The Hall–Kier alpha value is -2.30. The monoisotopic (exact) mass is 261 g/mol. The van der Waals surface area contributed by atoms with Gasteiger partial charge in [0.15, 0.2) is 5.69 Å². The maximum Gasteiger partial charge on any atom is 0.357 e. The van der Waals surface area contributed by atoms with Crippen molar-refractivity contribution >= 4 is 5.97 Å². The summed E-state index contributed by atoms with van der Waals surface area (Å²) in [6.07, 6.45) is 1.12. The van der Waals surface area contributed by atoms with Gasteiger partial charge >= 0.3 is 5.97 Å². The number of rotatable bonds is 4. The summed E-state index contributed by atoms with van der Waals surface area (Å²) in [5.41, 5.74) is 1.64. The number of benzene rings is 1. The van der Waals surface area contributed by atoms with E-state index in [1.165, 1.54) is 0 Å². The van der Waals surface area contributed by atoms with E-state index >= 15 is 0 Å². The van der Waals surface area contributed by atoms with Crippen LogP contribution in [0, 0.1) is 0 Å². The highest BCUT2D eigenvalue weighted by molar-refractivity contribution is 5.85. The second kappa shape index (κ2) is 5.14. The van der Waals surface area contributed by atoms with Gasteiger partial charge < -0.3 is 14.3 Å². The van der Waals surface area contributed by atoms with Crippen molar-refractivity contribution in [3.8, 4) is 17.2 Å². The van der Waals surface area contributed by atoms with E-state index in [2.05, 4.69) is 18.8 Å². The second-order valence-electron chi connectivity index (χ2n) is 4.46. The molecule has 0 aliphatic rings. The summed E-state index contributed by atoms with van der Waals surface area (Å²) in [4.78, 5) is 14.8. The number of carbonyl (C=O) groups is 1. The highest BCUT2D eigenvalue weighted by atomic mass is 16.5. The van der Waals surface area contributed by atoms with Crippen LogP contribution in [0.3, 0.4) is 0 Å². The molecule has 0 bridgehead atoms. The van der Waals surface area contributed by atoms with Crippen LogP contribution in [0.1, 0.15) is 35.8 Å². The summed E-state index contributed by atoms with van der Waals surface area (Å²) in [6, 6.07) is 5.70. The van der Waals surface area contributed by atoms with Gasteiger partial charge in [-0.3, -0.25) is 0 Å². The van der Waals surface area contributed by atoms with Gasteiger partial charge in [-0.15, -0.1) is 0 Å². The molecule has 0 amide bonds. The molecule has 0 aliphatic carbocycles. The van der Waals surface area contributed by atoms with E-state index in [0.717, 1.165) is 11.8 Å². The molecule has 0 aliphatic heterocycles. The van der Waals surface area contributed by atoms with Crippen LogP contribution in [0.2, 0.25) is 0 Å². The fourth-order valence-electron chi connectivity index (χ4n) is 1.75. The number of ether oxygens (including phenoxy) is 1. The third kappa shape index (κ3) is 2.59. The number of aromatic carboxylic acids is 1. The molecule has 100 valence electrons. The van der Waals surface area contributed by atoms with Crippen molar-refractivity contribution in [3.63, 3.8) is 0 Å². The van der Waals surface area contributed by atoms with Gasteiger partial charge in [-0.25, -0.2) is 9.78 Å². The topological polar surface area (TPSA) is 72.6 Å². The molecule has 1 heterocycles. The molecular weight excluding hydrogens is 246 g/mol. The lowest BCUT2D eigenvalue weighted by atomic mass is 10.0. The summed E-state index contributed by atoms with van der Waals surface area (Å²) >= 11 is 0. The Labute approximate surface area is 110 Å². The molecule has 1 aromatic heterocycles. The molecule has 5 heteroatoms. The lowest BCUT2D eigenvalue weighted by molar-refractivity contribution is 0.0690. The normalized spacial score (nSPS) is 10.7. The molecule has 0 atom stereocenters. The third-order valence-corrected chi connectivity index (χ3v) is 2.84. The van der Waals surface area contributed by atoms with Gasteiger partial charge in [0.25, 0.3) is 0 Å². The Morgan fingerprint density at radius 3 is 2.68 bits per heavy atom. The summed E-state index contributed by atoms with van der Waals surface area (Å²) in [5, 5.41) is 8.86. The van der Waals surface area contributed by atoms with E-state index in [1.54, 1.807) is 7.11 Å².